The van der Waals surface area contributed by atoms with Crippen LogP contribution in [-0.4, -0.2) is 12.2 Å². The van der Waals surface area contributed by atoms with Crippen molar-refractivity contribution >= 4 is 15.9 Å². The summed E-state index contributed by atoms with van der Waals surface area (Å²) in [5.41, 5.74) is 3.56. The molecular weight excluding hydrogens is 296 g/mol. The van der Waals surface area contributed by atoms with Crippen LogP contribution in [0.4, 0.5) is 0 Å². The third-order valence-electron chi connectivity index (χ3n) is 3.02. The summed E-state index contributed by atoms with van der Waals surface area (Å²) in [6.07, 6.45) is 0.844. The van der Waals surface area contributed by atoms with Crippen molar-refractivity contribution in [2.24, 2.45) is 0 Å². The number of halogens is 1. The first kappa shape index (κ1) is 13.2. The normalized spacial score (nSPS) is 12.5. The number of benzene rings is 1. The SMILES string of the molecule is COc1cc(C)c(C(O)c2ccoc2Br)cc1C. The molecule has 0 saturated carbocycles. The summed E-state index contributed by atoms with van der Waals surface area (Å²) in [5.74, 6) is 0.828. The van der Waals surface area contributed by atoms with Gasteiger partial charge >= 0.3 is 0 Å². The number of hydrogen-bond acceptors (Lipinski definition) is 3. The minimum absolute atomic E-state index is 0.558. The van der Waals surface area contributed by atoms with E-state index >= 15 is 0 Å². The number of aliphatic hydroxyl groups is 1. The average Bonchev–Trinajstić information content (AvgIpc) is 2.77. The summed E-state index contributed by atoms with van der Waals surface area (Å²) >= 11 is 3.28. The van der Waals surface area contributed by atoms with E-state index in [9.17, 15) is 5.11 Å². The molecule has 0 fully saturated rings. The Morgan fingerprint density at radius 1 is 1.22 bits per heavy atom. The highest BCUT2D eigenvalue weighted by molar-refractivity contribution is 9.10. The lowest BCUT2D eigenvalue weighted by molar-refractivity contribution is 0.217. The molecule has 1 aromatic carbocycles. The lowest BCUT2D eigenvalue weighted by Gasteiger charge is -2.15. The first-order valence-corrected chi connectivity index (χ1v) is 6.40. The quantitative estimate of drug-likeness (QED) is 0.939. The molecule has 3 nitrogen and oxygen atoms in total. The first-order valence-electron chi connectivity index (χ1n) is 5.60. The van der Waals surface area contributed by atoms with Crippen LogP contribution in [0.1, 0.15) is 28.4 Å². The number of methoxy groups -OCH3 is 1. The number of hydrogen-bond donors (Lipinski definition) is 1. The van der Waals surface area contributed by atoms with Gasteiger partial charge in [-0.15, -0.1) is 0 Å². The van der Waals surface area contributed by atoms with Crippen molar-refractivity contribution in [3.05, 3.63) is 51.4 Å². The van der Waals surface area contributed by atoms with E-state index in [4.69, 9.17) is 9.15 Å². The molecule has 0 aliphatic carbocycles. The number of aliphatic hydroxyl groups excluding tert-OH is 1. The van der Waals surface area contributed by atoms with Gasteiger partial charge in [-0.3, -0.25) is 0 Å². The molecular formula is C14H15BrO3. The Hall–Kier alpha value is -1.26. The van der Waals surface area contributed by atoms with Crippen LogP contribution in [-0.2, 0) is 0 Å². The summed E-state index contributed by atoms with van der Waals surface area (Å²) in [6.45, 7) is 3.91. The van der Waals surface area contributed by atoms with E-state index in [1.54, 1.807) is 19.4 Å². The van der Waals surface area contributed by atoms with E-state index in [0.717, 1.165) is 28.0 Å². The van der Waals surface area contributed by atoms with Crippen LogP contribution < -0.4 is 4.74 Å². The summed E-state index contributed by atoms with van der Waals surface area (Å²) in [6, 6.07) is 5.63. The Morgan fingerprint density at radius 2 is 1.94 bits per heavy atom. The first-order chi connectivity index (χ1) is 8.54. The van der Waals surface area contributed by atoms with Crippen molar-refractivity contribution in [2.45, 2.75) is 20.0 Å². The lowest BCUT2D eigenvalue weighted by atomic mass is 9.97. The van der Waals surface area contributed by atoms with Gasteiger partial charge in [-0.2, -0.15) is 0 Å². The summed E-state index contributed by atoms with van der Waals surface area (Å²) in [7, 11) is 1.64. The highest BCUT2D eigenvalue weighted by Gasteiger charge is 2.19. The Kier molecular flexibility index (Phi) is 3.78. The molecule has 1 atom stereocenters. The Labute approximate surface area is 115 Å². The fourth-order valence-electron chi connectivity index (χ4n) is 1.99. The molecule has 1 N–H and O–H groups in total. The van der Waals surface area contributed by atoms with E-state index in [2.05, 4.69) is 15.9 Å². The zero-order valence-corrected chi connectivity index (χ0v) is 12.1. The Morgan fingerprint density at radius 3 is 2.50 bits per heavy atom. The number of aryl methyl sites for hydroxylation is 2. The predicted molar refractivity (Wildman–Crippen MR) is 72.9 cm³/mol. The summed E-state index contributed by atoms with van der Waals surface area (Å²) in [4.78, 5) is 0. The van der Waals surface area contributed by atoms with Crippen LogP contribution in [0, 0.1) is 13.8 Å². The molecule has 0 saturated heterocycles. The van der Waals surface area contributed by atoms with Crippen LogP contribution in [0.3, 0.4) is 0 Å². The smallest absolute Gasteiger partial charge is 0.175 e. The Bertz CT molecular complexity index is 560. The van der Waals surface area contributed by atoms with Crippen molar-refractivity contribution in [3.8, 4) is 5.75 Å². The average molecular weight is 311 g/mol. The molecule has 1 unspecified atom stereocenters. The number of rotatable bonds is 3. The highest BCUT2D eigenvalue weighted by atomic mass is 79.9. The lowest BCUT2D eigenvalue weighted by Crippen LogP contribution is -2.03. The van der Waals surface area contributed by atoms with E-state index in [1.807, 2.05) is 26.0 Å². The fourth-order valence-corrected chi connectivity index (χ4v) is 2.45. The monoisotopic (exact) mass is 310 g/mol. The molecule has 0 radical (unpaired) electrons. The predicted octanol–water partition coefficient (Wildman–Crippen LogP) is 3.75. The third-order valence-corrected chi connectivity index (χ3v) is 3.66. The summed E-state index contributed by atoms with van der Waals surface area (Å²) in [5, 5.41) is 10.4. The van der Waals surface area contributed by atoms with E-state index in [-0.39, 0.29) is 0 Å². The molecule has 4 heteroatoms. The summed E-state index contributed by atoms with van der Waals surface area (Å²) < 4.78 is 11.0. The maximum absolute atomic E-state index is 10.4. The van der Waals surface area contributed by atoms with Crippen LogP contribution in [0.5, 0.6) is 5.75 Å². The zero-order valence-electron chi connectivity index (χ0n) is 10.5. The van der Waals surface area contributed by atoms with Crippen LogP contribution >= 0.6 is 15.9 Å². The minimum atomic E-state index is -0.706. The second-order valence-corrected chi connectivity index (χ2v) is 4.95. The van der Waals surface area contributed by atoms with Crippen LogP contribution in [0.25, 0.3) is 0 Å². The molecule has 0 bridgehead atoms. The fraction of sp³-hybridized carbons (Fsp3) is 0.286. The van der Waals surface area contributed by atoms with Gasteiger partial charge in [0.25, 0.3) is 0 Å². The molecule has 0 aliphatic rings. The second kappa shape index (κ2) is 5.16. The molecule has 0 spiro atoms. The number of ether oxygens (including phenoxy) is 1. The van der Waals surface area contributed by atoms with Gasteiger partial charge in [-0.05, 0) is 64.7 Å². The molecule has 2 aromatic rings. The van der Waals surface area contributed by atoms with Gasteiger partial charge in [-0.25, -0.2) is 0 Å². The van der Waals surface area contributed by atoms with Gasteiger partial charge < -0.3 is 14.3 Å². The number of furan rings is 1. The molecule has 18 heavy (non-hydrogen) atoms. The molecule has 2 rings (SSSR count). The highest BCUT2D eigenvalue weighted by Crippen LogP contribution is 2.33. The maximum atomic E-state index is 10.4. The Balaban J connectivity index is 2.46. The van der Waals surface area contributed by atoms with Crippen LogP contribution in [0.15, 0.2) is 33.5 Å². The second-order valence-electron chi connectivity index (χ2n) is 4.23. The van der Waals surface area contributed by atoms with Gasteiger partial charge in [0, 0.05) is 5.56 Å². The molecule has 1 heterocycles. The molecule has 0 amide bonds. The molecule has 96 valence electrons. The van der Waals surface area contributed by atoms with Crippen LogP contribution in [0.2, 0.25) is 0 Å². The molecule has 1 aromatic heterocycles. The van der Waals surface area contributed by atoms with Crippen molar-refractivity contribution < 1.29 is 14.3 Å². The van der Waals surface area contributed by atoms with Gasteiger partial charge in [0.1, 0.15) is 11.9 Å². The topological polar surface area (TPSA) is 42.6 Å². The largest absolute Gasteiger partial charge is 0.496 e. The minimum Gasteiger partial charge on any atom is -0.496 e. The maximum Gasteiger partial charge on any atom is 0.175 e. The van der Waals surface area contributed by atoms with Gasteiger partial charge in [0.2, 0.25) is 0 Å². The van der Waals surface area contributed by atoms with Gasteiger partial charge in [0.05, 0.1) is 13.4 Å². The van der Waals surface area contributed by atoms with Crippen molar-refractivity contribution in [2.75, 3.05) is 7.11 Å². The van der Waals surface area contributed by atoms with Crippen molar-refractivity contribution in [1.82, 2.24) is 0 Å². The van der Waals surface area contributed by atoms with E-state index < -0.39 is 6.10 Å². The van der Waals surface area contributed by atoms with E-state index in [0.29, 0.717) is 4.67 Å². The van der Waals surface area contributed by atoms with Crippen molar-refractivity contribution in [1.29, 1.82) is 0 Å². The van der Waals surface area contributed by atoms with Gasteiger partial charge in [0.15, 0.2) is 4.67 Å². The third kappa shape index (κ3) is 2.31. The van der Waals surface area contributed by atoms with E-state index in [1.165, 1.54) is 0 Å². The zero-order chi connectivity index (χ0) is 13.3. The van der Waals surface area contributed by atoms with Gasteiger partial charge in [-0.1, -0.05) is 0 Å². The van der Waals surface area contributed by atoms with Crippen molar-refractivity contribution in [3.63, 3.8) is 0 Å². The molecule has 0 aliphatic heterocycles. The standard InChI is InChI=1S/C14H15BrO3/c1-8-7-12(17-3)9(2)6-11(8)13(16)10-4-5-18-14(10)15/h4-7,13,16H,1-3H3.